The largest absolute Gasteiger partial charge is 0.369 e. The summed E-state index contributed by atoms with van der Waals surface area (Å²) in [6, 6.07) is 2.02. The Labute approximate surface area is 120 Å². The van der Waals surface area contributed by atoms with Crippen LogP contribution < -0.4 is 5.32 Å². The Kier molecular flexibility index (Phi) is 4.21. The summed E-state index contributed by atoms with van der Waals surface area (Å²) in [6.07, 6.45) is 0.416. The van der Waals surface area contributed by atoms with Crippen LogP contribution in [0.3, 0.4) is 0 Å². The molecule has 0 aliphatic carbocycles. The minimum absolute atomic E-state index is 0.0744. The maximum Gasteiger partial charge on any atom is 0.225 e. The van der Waals surface area contributed by atoms with Gasteiger partial charge in [0.25, 0.3) is 0 Å². The predicted molar refractivity (Wildman–Crippen MR) is 79.0 cm³/mol. The Balaban J connectivity index is 2.14. The molecular weight excluding hydrogens is 284 g/mol. The van der Waals surface area contributed by atoms with E-state index in [1.54, 1.807) is 30.3 Å². The maximum absolute atomic E-state index is 11.5. The quantitative estimate of drug-likeness (QED) is 0.881. The smallest absolute Gasteiger partial charge is 0.225 e. The molecule has 1 amide bonds. The van der Waals surface area contributed by atoms with Crippen LogP contribution in [-0.2, 0) is 4.79 Å². The van der Waals surface area contributed by atoms with Crippen molar-refractivity contribution in [3.63, 3.8) is 0 Å². The molecule has 2 heterocycles. The van der Waals surface area contributed by atoms with E-state index in [9.17, 15) is 4.79 Å². The number of anilines is 1. The van der Waals surface area contributed by atoms with E-state index in [2.05, 4.69) is 15.3 Å². The highest BCUT2D eigenvalue weighted by Crippen LogP contribution is 2.29. The normalized spacial score (nSPS) is 10.7. The first-order valence-electron chi connectivity index (χ1n) is 5.85. The molecule has 0 radical (unpaired) electrons. The highest BCUT2D eigenvalue weighted by molar-refractivity contribution is 7.18. The zero-order valence-corrected chi connectivity index (χ0v) is 12.6. The van der Waals surface area contributed by atoms with E-state index in [1.807, 2.05) is 13.0 Å². The Morgan fingerprint density at radius 1 is 1.47 bits per heavy atom. The summed E-state index contributed by atoms with van der Waals surface area (Å²) in [6.45, 7) is 2.54. The SMILES string of the molecule is Cc1cc2c(NCCC(=O)N(C)C)nc(Cl)nc2s1. The summed E-state index contributed by atoms with van der Waals surface area (Å²) >= 11 is 7.47. The number of rotatable bonds is 4. The van der Waals surface area contributed by atoms with Crippen molar-refractivity contribution in [3.05, 3.63) is 16.2 Å². The maximum atomic E-state index is 11.5. The van der Waals surface area contributed by atoms with Gasteiger partial charge in [0.1, 0.15) is 10.6 Å². The summed E-state index contributed by atoms with van der Waals surface area (Å²) in [7, 11) is 3.48. The molecule has 0 fully saturated rings. The van der Waals surface area contributed by atoms with Gasteiger partial charge in [-0.2, -0.15) is 0 Å². The van der Waals surface area contributed by atoms with E-state index < -0.39 is 0 Å². The Morgan fingerprint density at radius 3 is 2.89 bits per heavy atom. The third kappa shape index (κ3) is 3.33. The number of nitrogens with one attached hydrogen (secondary N) is 1. The molecule has 0 aliphatic rings. The molecule has 2 rings (SSSR count). The summed E-state index contributed by atoms with van der Waals surface area (Å²) in [5, 5.41) is 4.32. The van der Waals surface area contributed by atoms with Gasteiger partial charge in [0.2, 0.25) is 11.2 Å². The lowest BCUT2D eigenvalue weighted by molar-refractivity contribution is -0.128. The number of hydrogen-bond acceptors (Lipinski definition) is 5. The monoisotopic (exact) mass is 298 g/mol. The number of carbonyl (C=O) groups excluding carboxylic acids is 1. The van der Waals surface area contributed by atoms with Gasteiger partial charge < -0.3 is 10.2 Å². The van der Waals surface area contributed by atoms with Gasteiger partial charge in [-0.15, -0.1) is 11.3 Å². The highest BCUT2D eigenvalue weighted by Gasteiger charge is 2.10. The number of carbonyl (C=O) groups is 1. The minimum atomic E-state index is 0.0744. The Morgan fingerprint density at radius 2 is 2.21 bits per heavy atom. The van der Waals surface area contributed by atoms with Crippen molar-refractivity contribution >= 4 is 44.9 Å². The van der Waals surface area contributed by atoms with Crippen molar-refractivity contribution in [2.45, 2.75) is 13.3 Å². The minimum Gasteiger partial charge on any atom is -0.369 e. The number of halogens is 1. The Bertz CT molecular complexity index is 611. The van der Waals surface area contributed by atoms with Crippen LogP contribution in [0.1, 0.15) is 11.3 Å². The van der Waals surface area contributed by atoms with E-state index in [-0.39, 0.29) is 11.2 Å². The predicted octanol–water partition coefficient (Wildman–Crippen LogP) is 2.54. The van der Waals surface area contributed by atoms with Crippen LogP contribution in [0.5, 0.6) is 0 Å². The molecule has 0 aliphatic heterocycles. The van der Waals surface area contributed by atoms with Crippen LogP contribution >= 0.6 is 22.9 Å². The van der Waals surface area contributed by atoms with E-state index in [4.69, 9.17) is 11.6 Å². The molecule has 19 heavy (non-hydrogen) atoms. The molecular formula is C12H15ClN4OS. The van der Waals surface area contributed by atoms with Crippen molar-refractivity contribution in [3.8, 4) is 0 Å². The first kappa shape index (κ1) is 14.0. The second-order valence-corrected chi connectivity index (χ2v) is 5.95. The van der Waals surface area contributed by atoms with Crippen LogP contribution in [0.25, 0.3) is 10.2 Å². The second kappa shape index (κ2) is 5.71. The molecule has 5 nitrogen and oxygen atoms in total. The van der Waals surface area contributed by atoms with Gasteiger partial charge in [-0.1, -0.05) is 0 Å². The topological polar surface area (TPSA) is 58.1 Å². The van der Waals surface area contributed by atoms with Crippen LogP contribution in [0.4, 0.5) is 5.82 Å². The number of aromatic nitrogens is 2. The van der Waals surface area contributed by atoms with Gasteiger partial charge >= 0.3 is 0 Å². The second-order valence-electron chi connectivity index (χ2n) is 4.38. The molecule has 1 N–H and O–H groups in total. The van der Waals surface area contributed by atoms with Crippen molar-refractivity contribution in [2.75, 3.05) is 26.0 Å². The van der Waals surface area contributed by atoms with Gasteiger partial charge in [-0.25, -0.2) is 9.97 Å². The van der Waals surface area contributed by atoms with Gasteiger partial charge in [-0.3, -0.25) is 4.79 Å². The lowest BCUT2D eigenvalue weighted by Gasteiger charge is -2.11. The van der Waals surface area contributed by atoms with E-state index >= 15 is 0 Å². The lowest BCUT2D eigenvalue weighted by atomic mass is 10.3. The van der Waals surface area contributed by atoms with E-state index in [0.717, 1.165) is 15.1 Å². The fourth-order valence-electron chi connectivity index (χ4n) is 1.66. The molecule has 0 bridgehead atoms. The van der Waals surface area contributed by atoms with Crippen LogP contribution in [0.15, 0.2) is 6.07 Å². The summed E-state index contributed by atoms with van der Waals surface area (Å²) in [4.78, 5) is 23.4. The molecule has 102 valence electrons. The lowest BCUT2D eigenvalue weighted by Crippen LogP contribution is -2.24. The van der Waals surface area contributed by atoms with Gasteiger partial charge in [-0.05, 0) is 24.6 Å². The molecule has 0 unspecified atom stereocenters. The molecule has 7 heteroatoms. The Hall–Kier alpha value is -1.40. The molecule has 2 aromatic heterocycles. The first-order chi connectivity index (χ1) is 8.97. The number of amides is 1. The number of thiophene rings is 1. The van der Waals surface area contributed by atoms with Gasteiger partial charge in [0.15, 0.2) is 0 Å². The average Bonchev–Trinajstić information content (AvgIpc) is 2.68. The summed E-state index contributed by atoms with van der Waals surface area (Å²) in [5.41, 5.74) is 0. The molecule has 0 atom stereocenters. The zero-order valence-electron chi connectivity index (χ0n) is 11.0. The average molecular weight is 299 g/mol. The third-order valence-corrected chi connectivity index (χ3v) is 3.73. The van der Waals surface area contributed by atoms with Crippen LogP contribution in [0.2, 0.25) is 5.28 Å². The number of hydrogen-bond donors (Lipinski definition) is 1. The zero-order chi connectivity index (χ0) is 14.0. The number of nitrogens with zero attached hydrogens (tertiary/aromatic N) is 3. The number of fused-ring (bicyclic) bond motifs is 1. The van der Waals surface area contributed by atoms with Crippen molar-refractivity contribution in [2.24, 2.45) is 0 Å². The molecule has 0 saturated heterocycles. The van der Waals surface area contributed by atoms with E-state index in [1.165, 1.54) is 0 Å². The van der Waals surface area contributed by atoms with E-state index in [0.29, 0.717) is 18.8 Å². The fraction of sp³-hybridized carbons (Fsp3) is 0.417. The van der Waals surface area contributed by atoms with Crippen molar-refractivity contribution in [1.29, 1.82) is 0 Å². The molecule has 0 aromatic carbocycles. The van der Waals surface area contributed by atoms with Crippen LogP contribution in [-0.4, -0.2) is 41.4 Å². The fourth-order valence-corrected chi connectivity index (χ4v) is 2.76. The van der Waals surface area contributed by atoms with Crippen molar-refractivity contribution in [1.82, 2.24) is 14.9 Å². The van der Waals surface area contributed by atoms with Crippen molar-refractivity contribution < 1.29 is 4.79 Å². The highest BCUT2D eigenvalue weighted by atomic mass is 35.5. The molecule has 0 spiro atoms. The first-order valence-corrected chi connectivity index (χ1v) is 7.04. The number of aryl methyl sites for hydroxylation is 1. The standard InChI is InChI=1S/C12H15ClN4OS/c1-7-6-8-10(14-5-4-9(18)17(2)3)15-12(13)16-11(8)19-7/h6H,4-5H2,1-3H3,(H,14,15,16). The molecule has 0 saturated carbocycles. The van der Waals surface area contributed by atoms with Gasteiger partial charge in [0.05, 0.1) is 5.39 Å². The summed E-state index contributed by atoms with van der Waals surface area (Å²) < 4.78 is 0. The third-order valence-electron chi connectivity index (χ3n) is 2.62. The summed E-state index contributed by atoms with van der Waals surface area (Å²) in [5.74, 6) is 0.760. The van der Waals surface area contributed by atoms with Crippen LogP contribution in [0, 0.1) is 6.92 Å². The van der Waals surface area contributed by atoms with Gasteiger partial charge in [0, 0.05) is 31.9 Å². The molecule has 2 aromatic rings.